The van der Waals surface area contributed by atoms with Crippen molar-refractivity contribution in [2.45, 2.75) is 11.9 Å². The van der Waals surface area contributed by atoms with Gasteiger partial charge in [0.2, 0.25) is 0 Å². The molecule has 0 saturated heterocycles. The van der Waals surface area contributed by atoms with E-state index in [9.17, 15) is 21.6 Å². The molecule has 0 aliphatic heterocycles. The van der Waals surface area contributed by atoms with Gasteiger partial charge in [-0.15, -0.1) is 12.4 Å². The van der Waals surface area contributed by atoms with E-state index in [2.05, 4.69) is 0 Å². The Morgan fingerprint density at radius 2 is 1.83 bits per heavy atom. The molecule has 8 heteroatoms. The fourth-order valence-electron chi connectivity index (χ4n) is 1.34. The number of rotatable bonds is 4. The number of alkyl halides is 3. The first-order valence-corrected chi connectivity index (χ1v) is 6.63. The molecule has 0 aromatic heterocycles. The van der Waals surface area contributed by atoms with E-state index in [0.29, 0.717) is 0 Å². The maximum Gasteiger partial charge on any atom is 0.416 e. The summed E-state index contributed by atoms with van der Waals surface area (Å²) in [6.45, 7) is -0.0404. The second-order valence-corrected chi connectivity index (χ2v) is 5.76. The molecule has 0 amide bonds. The van der Waals surface area contributed by atoms with Crippen molar-refractivity contribution in [1.29, 1.82) is 0 Å². The Morgan fingerprint density at radius 1 is 1.22 bits per heavy atom. The minimum Gasteiger partial charge on any atom is -0.329 e. The zero-order valence-electron chi connectivity index (χ0n) is 9.27. The van der Waals surface area contributed by atoms with Crippen LogP contribution in [0.2, 0.25) is 0 Å². The van der Waals surface area contributed by atoms with Crippen molar-refractivity contribution in [2.24, 2.45) is 5.73 Å². The van der Waals surface area contributed by atoms with Crippen molar-refractivity contribution in [3.63, 3.8) is 0 Å². The van der Waals surface area contributed by atoms with E-state index in [1.807, 2.05) is 0 Å². The van der Waals surface area contributed by atoms with Crippen LogP contribution in [-0.2, 0) is 21.8 Å². The van der Waals surface area contributed by atoms with Gasteiger partial charge in [0.05, 0.1) is 17.1 Å². The second kappa shape index (κ2) is 6.40. The minimum absolute atomic E-state index is 0. The molecule has 1 aromatic carbocycles. The fraction of sp³-hybridized carbons (Fsp3) is 0.400. The van der Waals surface area contributed by atoms with Crippen LogP contribution in [-0.4, -0.2) is 20.7 Å². The first-order chi connectivity index (χ1) is 7.74. The minimum atomic E-state index is -4.46. The Morgan fingerprint density at radius 3 is 2.33 bits per heavy atom. The maximum atomic E-state index is 12.4. The summed E-state index contributed by atoms with van der Waals surface area (Å²) in [5.41, 5.74) is 4.38. The van der Waals surface area contributed by atoms with E-state index in [0.717, 1.165) is 12.1 Å². The Labute approximate surface area is 110 Å². The lowest BCUT2D eigenvalue weighted by Crippen LogP contribution is -2.17. The molecule has 3 nitrogen and oxygen atoms in total. The van der Waals surface area contributed by atoms with Crippen LogP contribution >= 0.6 is 12.4 Å². The van der Waals surface area contributed by atoms with Crippen LogP contribution in [0, 0.1) is 0 Å². The van der Waals surface area contributed by atoms with Gasteiger partial charge < -0.3 is 5.73 Å². The van der Waals surface area contributed by atoms with Crippen LogP contribution in [0.25, 0.3) is 0 Å². The van der Waals surface area contributed by atoms with Gasteiger partial charge in [-0.3, -0.25) is 0 Å². The van der Waals surface area contributed by atoms with E-state index >= 15 is 0 Å². The highest BCUT2D eigenvalue weighted by Crippen LogP contribution is 2.29. The normalized spacial score (nSPS) is 12.0. The molecule has 0 bridgehead atoms. The fourth-order valence-corrected chi connectivity index (χ4v) is 2.53. The molecule has 0 spiro atoms. The third kappa shape index (κ3) is 5.24. The van der Waals surface area contributed by atoms with Gasteiger partial charge in [0.1, 0.15) is 0 Å². The summed E-state index contributed by atoms with van der Waals surface area (Å²) >= 11 is 0. The summed E-state index contributed by atoms with van der Waals surface area (Å²) in [6.07, 6.45) is -4.46. The lowest BCUT2D eigenvalue weighted by atomic mass is 10.1. The monoisotopic (exact) mass is 303 g/mol. The molecule has 0 unspecified atom stereocenters. The van der Waals surface area contributed by atoms with Crippen molar-refractivity contribution in [3.8, 4) is 0 Å². The number of benzene rings is 1. The first-order valence-electron chi connectivity index (χ1n) is 4.81. The average Bonchev–Trinajstić information content (AvgIpc) is 2.15. The Hall–Kier alpha value is -0.790. The molecule has 1 aromatic rings. The van der Waals surface area contributed by atoms with Crippen LogP contribution in [0.3, 0.4) is 0 Å². The summed E-state index contributed by atoms with van der Waals surface area (Å²) in [5.74, 6) is -0.655. The number of sulfone groups is 1. The molecule has 0 radical (unpaired) electrons. The third-order valence-electron chi connectivity index (χ3n) is 2.07. The summed E-state index contributed by atoms with van der Waals surface area (Å²) in [6, 6.07) is 4.28. The maximum absolute atomic E-state index is 12.4. The lowest BCUT2D eigenvalue weighted by molar-refractivity contribution is -0.137. The summed E-state index contributed by atoms with van der Waals surface area (Å²) in [7, 11) is -3.44. The number of hydrogen-bond donors (Lipinski definition) is 1. The molecule has 18 heavy (non-hydrogen) atoms. The van der Waals surface area contributed by atoms with Gasteiger partial charge in [-0.05, 0) is 11.6 Å². The van der Waals surface area contributed by atoms with Gasteiger partial charge in [-0.25, -0.2) is 8.42 Å². The Kier molecular flexibility index (Phi) is 6.12. The molecule has 1 rings (SSSR count). The quantitative estimate of drug-likeness (QED) is 0.925. The van der Waals surface area contributed by atoms with Gasteiger partial charge in [0.15, 0.2) is 9.84 Å². The van der Waals surface area contributed by atoms with Gasteiger partial charge in [0, 0.05) is 6.54 Å². The highest BCUT2D eigenvalue weighted by Gasteiger charge is 2.30. The standard InChI is InChI=1S/C10H12F3NO2S.ClH/c11-10(12,13)9-3-1-2-8(6-9)7-17(15,16)5-4-14;/h1-3,6H,4-5,7,14H2;1H. The van der Waals surface area contributed by atoms with Crippen molar-refractivity contribution in [2.75, 3.05) is 12.3 Å². The largest absolute Gasteiger partial charge is 0.416 e. The molecular weight excluding hydrogens is 291 g/mol. The van der Waals surface area contributed by atoms with Gasteiger partial charge in [-0.2, -0.15) is 13.2 Å². The molecular formula is C10H13ClF3NO2S. The third-order valence-corrected chi connectivity index (χ3v) is 3.70. The lowest BCUT2D eigenvalue weighted by Gasteiger charge is -2.08. The van der Waals surface area contributed by atoms with Crippen molar-refractivity contribution < 1.29 is 21.6 Å². The van der Waals surface area contributed by atoms with Crippen LogP contribution < -0.4 is 5.73 Å². The van der Waals surface area contributed by atoms with Crippen LogP contribution in [0.15, 0.2) is 24.3 Å². The van der Waals surface area contributed by atoms with Crippen LogP contribution in [0.4, 0.5) is 13.2 Å². The van der Waals surface area contributed by atoms with Gasteiger partial charge in [0.25, 0.3) is 0 Å². The zero-order chi connectivity index (χ0) is 13.1. The van der Waals surface area contributed by atoms with Gasteiger partial charge in [-0.1, -0.05) is 18.2 Å². The Bertz CT molecular complexity index is 488. The highest BCUT2D eigenvalue weighted by atomic mass is 35.5. The SMILES string of the molecule is Cl.NCCS(=O)(=O)Cc1cccc(C(F)(F)F)c1. The van der Waals surface area contributed by atoms with Crippen LogP contribution in [0.5, 0.6) is 0 Å². The predicted molar refractivity (Wildman–Crippen MR) is 65.2 cm³/mol. The summed E-state index contributed by atoms with van der Waals surface area (Å²) in [5, 5.41) is 0. The molecule has 0 atom stereocenters. The van der Waals surface area contributed by atoms with Crippen molar-refractivity contribution in [3.05, 3.63) is 35.4 Å². The zero-order valence-corrected chi connectivity index (χ0v) is 10.9. The molecule has 2 N–H and O–H groups in total. The highest BCUT2D eigenvalue weighted by molar-refractivity contribution is 7.90. The van der Waals surface area contributed by atoms with E-state index in [1.165, 1.54) is 12.1 Å². The van der Waals surface area contributed by atoms with Crippen molar-refractivity contribution in [1.82, 2.24) is 0 Å². The van der Waals surface area contributed by atoms with E-state index < -0.39 is 27.3 Å². The average molecular weight is 304 g/mol. The topological polar surface area (TPSA) is 60.2 Å². The molecule has 0 heterocycles. The number of halogens is 4. The molecule has 0 aliphatic carbocycles. The van der Waals surface area contributed by atoms with E-state index in [1.54, 1.807) is 0 Å². The number of hydrogen-bond acceptors (Lipinski definition) is 3. The first kappa shape index (κ1) is 17.2. The molecule has 104 valence electrons. The van der Waals surface area contributed by atoms with E-state index in [4.69, 9.17) is 5.73 Å². The molecule has 0 saturated carbocycles. The summed E-state index contributed by atoms with van der Waals surface area (Å²) in [4.78, 5) is 0. The van der Waals surface area contributed by atoms with Crippen LogP contribution in [0.1, 0.15) is 11.1 Å². The predicted octanol–water partition coefficient (Wildman–Crippen LogP) is 2.00. The number of nitrogens with two attached hydrogens (primary N) is 1. The molecule has 0 fully saturated rings. The second-order valence-electron chi connectivity index (χ2n) is 3.58. The summed E-state index contributed by atoms with van der Waals surface area (Å²) < 4.78 is 59.9. The molecule has 0 aliphatic rings. The smallest absolute Gasteiger partial charge is 0.329 e. The van der Waals surface area contributed by atoms with Crippen molar-refractivity contribution >= 4 is 22.2 Å². The Balaban J connectivity index is 0.00000289. The van der Waals surface area contributed by atoms with Gasteiger partial charge >= 0.3 is 6.18 Å². The van der Waals surface area contributed by atoms with E-state index in [-0.39, 0.29) is 30.3 Å².